The first-order chi connectivity index (χ1) is 22.5. The van der Waals surface area contributed by atoms with E-state index >= 15 is 0 Å². The fourth-order valence-corrected chi connectivity index (χ4v) is 6.08. The molecule has 0 atom stereocenters. The number of benzene rings is 3. The molecule has 6 rings (SSSR count). The minimum Gasteiger partial charge on any atom is -0.455 e. The first-order valence-corrected chi connectivity index (χ1v) is 15.0. The highest BCUT2D eigenvalue weighted by atomic mass is 19.4. The van der Waals surface area contributed by atoms with Crippen LogP contribution in [-0.4, -0.2) is 41.3 Å². The van der Waals surface area contributed by atoms with Crippen LogP contribution < -0.4 is 10.6 Å². The molecule has 2 heterocycles. The van der Waals surface area contributed by atoms with E-state index in [1.54, 1.807) is 36.4 Å². The maximum Gasteiger partial charge on any atom is 0.522 e. The van der Waals surface area contributed by atoms with Gasteiger partial charge in [-0.1, -0.05) is 25.5 Å². The molecule has 0 saturated heterocycles. The van der Waals surface area contributed by atoms with Crippen LogP contribution in [0.15, 0.2) is 83.5 Å². The summed E-state index contributed by atoms with van der Waals surface area (Å²) in [6.45, 7) is 2.03. The van der Waals surface area contributed by atoms with Crippen LogP contribution in [0.2, 0.25) is 0 Å². The van der Waals surface area contributed by atoms with Gasteiger partial charge in [-0.15, -0.1) is 13.2 Å². The third-order valence-corrected chi connectivity index (χ3v) is 8.23. The number of fused-ring (bicyclic) bond motifs is 1. The van der Waals surface area contributed by atoms with Gasteiger partial charge in [0.25, 0.3) is 11.8 Å². The molecule has 3 aromatic carbocycles. The number of aromatic nitrogens is 2. The zero-order chi connectivity index (χ0) is 33.3. The first kappa shape index (κ1) is 31.9. The van der Waals surface area contributed by atoms with Gasteiger partial charge in [-0.05, 0) is 77.7 Å². The molecule has 0 bridgehead atoms. The summed E-state index contributed by atoms with van der Waals surface area (Å²) in [4.78, 5) is 35.2. The molecule has 1 aliphatic carbocycles. The molecule has 1 fully saturated rings. The second-order valence-electron chi connectivity index (χ2n) is 11.4. The summed E-state index contributed by atoms with van der Waals surface area (Å²) in [6.07, 6.45) is -1.88. The summed E-state index contributed by atoms with van der Waals surface area (Å²) in [5, 5.41) is 6.08. The molecule has 8 nitrogen and oxygen atoms in total. The Morgan fingerprint density at radius 1 is 0.979 bits per heavy atom. The van der Waals surface area contributed by atoms with Gasteiger partial charge in [-0.3, -0.25) is 14.3 Å². The molecule has 2 aromatic heterocycles. The number of furan rings is 1. The number of carbonyl (C=O) groups is 2. The quantitative estimate of drug-likeness (QED) is 0.163. The van der Waals surface area contributed by atoms with Crippen molar-refractivity contribution in [2.45, 2.75) is 50.6 Å². The number of aryl methyl sites for hydroxylation is 1. The highest BCUT2D eigenvalue weighted by Gasteiger charge is 2.53. The Kier molecular flexibility index (Phi) is 8.54. The number of halogens is 4. The number of hydrogen-bond donors (Lipinski definition) is 2. The highest BCUT2D eigenvalue weighted by Crippen LogP contribution is 2.44. The van der Waals surface area contributed by atoms with Crippen LogP contribution in [0.3, 0.4) is 0 Å². The molecule has 5 aromatic rings. The van der Waals surface area contributed by atoms with Gasteiger partial charge >= 0.3 is 6.36 Å². The summed E-state index contributed by atoms with van der Waals surface area (Å²) >= 11 is 0. The predicted molar refractivity (Wildman–Crippen MR) is 166 cm³/mol. The molecule has 12 heteroatoms. The van der Waals surface area contributed by atoms with E-state index in [2.05, 4.69) is 25.3 Å². The number of hydrogen-bond acceptors (Lipinski definition) is 6. The SMILES string of the molecule is CCCc1cc2oc(-c3ccc(F)cc3)c(C(=O)NC)c2cc1-c1cccc(C(=O)NC2(c3ncccn3)CC(OC(F)(F)F)C2)c1. The zero-order valence-electron chi connectivity index (χ0n) is 25.5. The van der Waals surface area contributed by atoms with Crippen LogP contribution in [0.25, 0.3) is 33.4 Å². The van der Waals surface area contributed by atoms with Crippen LogP contribution in [0.4, 0.5) is 17.6 Å². The Morgan fingerprint density at radius 2 is 1.70 bits per heavy atom. The van der Waals surface area contributed by atoms with Crippen molar-refractivity contribution in [1.29, 1.82) is 0 Å². The predicted octanol–water partition coefficient (Wildman–Crippen LogP) is 7.33. The molecule has 0 spiro atoms. The average Bonchev–Trinajstić information content (AvgIpc) is 3.41. The topological polar surface area (TPSA) is 106 Å². The van der Waals surface area contributed by atoms with Gasteiger partial charge in [0.2, 0.25) is 0 Å². The number of rotatable bonds is 9. The molecule has 0 unspecified atom stereocenters. The molecule has 2 N–H and O–H groups in total. The van der Waals surface area contributed by atoms with Crippen molar-refractivity contribution in [3.63, 3.8) is 0 Å². The van der Waals surface area contributed by atoms with Crippen molar-refractivity contribution in [1.82, 2.24) is 20.6 Å². The lowest BCUT2D eigenvalue weighted by atomic mass is 9.73. The maximum atomic E-state index is 13.7. The molecular formula is C35H30F4N4O4. The lowest BCUT2D eigenvalue weighted by molar-refractivity contribution is -0.356. The van der Waals surface area contributed by atoms with Gasteiger partial charge in [0, 0.05) is 48.8 Å². The normalized spacial score (nSPS) is 17.7. The van der Waals surface area contributed by atoms with Crippen LogP contribution >= 0.6 is 0 Å². The van der Waals surface area contributed by atoms with Crippen molar-refractivity contribution >= 4 is 22.8 Å². The van der Waals surface area contributed by atoms with Crippen molar-refractivity contribution < 1.29 is 36.3 Å². The highest BCUT2D eigenvalue weighted by molar-refractivity contribution is 6.12. The number of amides is 2. The van der Waals surface area contributed by atoms with E-state index in [0.717, 1.165) is 17.5 Å². The van der Waals surface area contributed by atoms with Crippen molar-refractivity contribution in [3.05, 3.63) is 107 Å². The van der Waals surface area contributed by atoms with Crippen LogP contribution in [0.1, 0.15) is 58.3 Å². The van der Waals surface area contributed by atoms with Crippen LogP contribution in [0, 0.1) is 5.82 Å². The minimum absolute atomic E-state index is 0.154. The summed E-state index contributed by atoms with van der Waals surface area (Å²) in [5.41, 5.74) is 2.71. The summed E-state index contributed by atoms with van der Waals surface area (Å²) < 4.78 is 62.8. The maximum absolute atomic E-state index is 13.7. The van der Waals surface area contributed by atoms with E-state index in [4.69, 9.17) is 4.42 Å². The molecule has 2 amide bonds. The Morgan fingerprint density at radius 3 is 2.36 bits per heavy atom. The molecule has 242 valence electrons. The fraction of sp³-hybridized carbons (Fsp3) is 0.257. The molecule has 0 aliphatic heterocycles. The lowest BCUT2D eigenvalue weighted by Gasteiger charge is -2.46. The van der Waals surface area contributed by atoms with Crippen molar-refractivity contribution in [2.24, 2.45) is 0 Å². The van der Waals surface area contributed by atoms with Crippen LogP contribution in [0.5, 0.6) is 0 Å². The number of nitrogens with one attached hydrogen (secondary N) is 2. The first-order valence-electron chi connectivity index (χ1n) is 15.0. The Labute approximate surface area is 267 Å². The summed E-state index contributed by atoms with van der Waals surface area (Å²) in [5.74, 6) is -0.825. The summed E-state index contributed by atoms with van der Waals surface area (Å²) in [6, 6.07) is 17.8. The zero-order valence-corrected chi connectivity index (χ0v) is 25.5. The smallest absolute Gasteiger partial charge is 0.455 e. The average molecular weight is 647 g/mol. The van der Waals surface area contributed by atoms with Gasteiger partial charge in [0.1, 0.15) is 22.7 Å². The second-order valence-corrected chi connectivity index (χ2v) is 11.4. The van der Waals surface area contributed by atoms with Crippen molar-refractivity contribution in [3.8, 4) is 22.5 Å². The van der Waals surface area contributed by atoms with E-state index in [0.29, 0.717) is 34.3 Å². The second kappa shape index (κ2) is 12.6. The number of alkyl halides is 3. The number of nitrogens with zero attached hydrogens (tertiary/aromatic N) is 2. The number of carbonyl (C=O) groups excluding carboxylic acids is 2. The van der Waals surface area contributed by atoms with E-state index < -0.39 is 29.7 Å². The van der Waals surface area contributed by atoms with E-state index in [-0.39, 0.29) is 35.7 Å². The Bertz CT molecular complexity index is 1940. The van der Waals surface area contributed by atoms with E-state index in [9.17, 15) is 27.2 Å². The fourth-order valence-electron chi connectivity index (χ4n) is 6.08. The molecule has 1 saturated carbocycles. The van der Waals surface area contributed by atoms with E-state index in [1.807, 2.05) is 25.1 Å². The minimum atomic E-state index is -4.81. The Hall–Kier alpha value is -5.10. The third-order valence-electron chi connectivity index (χ3n) is 8.23. The van der Waals surface area contributed by atoms with Crippen molar-refractivity contribution in [2.75, 3.05) is 7.05 Å². The monoisotopic (exact) mass is 646 g/mol. The third kappa shape index (κ3) is 6.46. The van der Waals surface area contributed by atoms with Gasteiger partial charge in [-0.25, -0.2) is 14.4 Å². The summed E-state index contributed by atoms with van der Waals surface area (Å²) in [7, 11) is 1.51. The van der Waals surface area contributed by atoms with Gasteiger partial charge < -0.3 is 15.1 Å². The van der Waals surface area contributed by atoms with Gasteiger partial charge in [-0.2, -0.15) is 0 Å². The largest absolute Gasteiger partial charge is 0.522 e. The molecule has 0 radical (unpaired) electrons. The van der Waals surface area contributed by atoms with Gasteiger partial charge in [0.15, 0.2) is 5.82 Å². The molecule has 1 aliphatic rings. The Balaban J connectivity index is 1.38. The van der Waals surface area contributed by atoms with Gasteiger partial charge in [0.05, 0.1) is 11.7 Å². The molecular weight excluding hydrogens is 616 g/mol. The number of ether oxygens (including phenoxy) is 1. The van der Waals surface area contributed by atoms with E-state index in [1.165, 1.54) is 31.6 Å². The van der Waals surface area contributed by atoms with Crippen LogP contribution in [-0.2, 0) is 16.7 Å². The lowest BCUT2D eigenvalue weighted by Crippen LogP contribution is -2.59. The molecule has 47 heavy (non-hydrogen) atoms. The standard InChI is InChI=1S/C35H30F4N4O4/c1-3-6-21-16-28-27(29(32(45)40-2)30(46-28)20-9-11-24(36)12-10-20)17-26(21)22-7-4-8-23(15-22)31(44)43-34(33-41-13-5-14-42-33)18-25(19-34)47-35(37,38)39/h4-5,7-17,25H,3,6,18-19H2,1-2H3,(H,40,45)(H,43,44).